The van der Waals surface area contributed by atoms with Crippen LogP contribution in [0.3, 0.4) is 0 Å². The maximum atomic E-state index is 12.2. The average Bonchev–Trinajstić information content (AvgIpc) is 2.66. The Kier molecular flexibility index (Phi) is 6.20. The van der Waals surface area contributed by atoms with Gasteiger partial charge in [-0.25, -0.2) is 4.79 Å². The van der Waals surface area contributed by atoms with Crippen LogP contribution in [0.25, 0.3) is 0 Å². The molecule has 1 aromatic carbocycles. The van der Waals surface area contributed by atoms with E-state index in [2.05, 4.69) is 11.4 Å². The molecule has 0 radical (unpaired) electrons. The first-order valence-corrected chi connectivity index (χ1v) is 10.3. The molecule has 3 unspecified atom stereocenters. The highest BCUT2D eigenvalue weighted by molar-refractivity contribution is 7.99. The Morgan fingerprint density at radius 1 is 1.31 bits per heavy atom. The number of nitrogens with zero attached hydrogens (tertiary/aromatic N) is 1. The van der Waals surface area contributed by atoms with Crippen molar-refractivity contribution in [1.82, 2.24) is 5.32 Å². The number of aromatic carboxylic acids is 1. The maximum absolute atomic E-state index is 12.2. The molecule has 6 heteroatoms. The first-order valence-electron chi connectivity index (χ1n) is 9.21. The Morgan fingerprint density at radius 2 is 2.08 bits per heavy atom. The molecule has 1 aliphatic carbocycles. The van der Waals surface area contributed by atoms with Crippen LogP contribution in [0.15, 0.2) is 24.3 Å². The Hall–Kier alpha value is -2.00. The van der Waals surface area contributed by atoms with Crippen LogP contribution in [0, 0.1) is 29.1 Å². The highest BCUT2D eigenvalue weighted by atomic mass is 32.2. The van der Waals surface area contributed by atoms with Crippen LogP contribution in [0.1, 0.15) is 54.4 Å². The van der Waals surface area contributed by atoms with E-state index in [0.29, 0.717) is 18.1 Å². The van der Waals surface area contributed by atoms with Gasteiger partial charge in [-0.1, -0.05) is 44.2 Å². The largest absolute Gasteiger partial charge is 0.478 e. The molecule has 2 N–H and O–H groups in total. The number of carboxylic acids is 1. The molecule has 2 aliphatic rings. The van der Waals surface area contributed by atoms with E-state index in [4.69, 9.17) is 5.11 Å². The van der Waals surface area contributed by atoms with E-state index >= 15 is 0 Å². The number of amides is 1. The fraction of sp³-hybridized carbons (Fsp3) is 0.550. The van der Waals surface area contributed by atoms with Crippen molar-refractivity contribution in [3.63, 3.8) is 0 Å². The molecule has 0 aromatic heterocycles. The molecular formula is C20H24N2O3S. The van der Waals surface area contributed by atoms with E-state index in [1.807, 2.05) is 6.07 Å². The van der Waals surface area contributed by atoms with Crippen molar-refractivity contribution in [1.29, 1.82) is 5.26 Å². The third-order valence-corrected chi connectivity index (χ3v) is 6.79. The summed E-state index contributed by atoms with van der Waals surface area (Å²) in [6, 6.07) is 9.28. The zero-order valence-electron chi connectivity index (χ0n) is 14.7. The van der Waals surface area contributed by atoms with E-state index in [9.17, 15) is 14.9 Å². The first kappa shape index (κ1) is 18.8. The number of carbonyl (C=O) groups excluding carboxylic acids is 1. The number of carbonyl (C=O) groups is 2. The van der Waals surface area contributed by atoms with Crippen LogP contribution in [-0.4, -0.2) is 22.4 Å². The fourth-order valence-electron chi connectivity index (χ4n) is 4.18. The molecule has 3 rings (SSSR count). The van der Waals surface area contributed by atoms with E-state index in [1.54, 1.807) is 18.2 Å². The molecule has 1 heterocycles. The molecule has 3 atom stereocenters. The lowest BCUT2D eigenvalue weighted by Crippen LogP contribution is -2.49. The third-order valence-electron chi connectivity index (χ3n) is 5.52. The van der Waals surface area contributed by atoms with Crippen LogP contribution in [0.4, 0.5) is 0 Å². The minimum absolute atomic E-state index is 0.0314. The zero-order valence-corrected chi connectivity index (χ0v) is 15.5. The number of nitriles is 1. The van der Waals surface area contributed by atoms with Gasteiger partial charge < -0.3 is 10.4 Å². The third kappa shape index (κ3) is 4.39. The summed E-state index contributed by atoms with van der Waals surface area (Å²) >= 11 is 1.53. The lowest BCUT2D eigenvalue weighted by atomic mass is 9.71. The molecule has 0 bridgehead atoms. The van der Waals surface area contributed by atoms with Gasteiger partial charge in [0.05, 0.1) is 22.9 Å². The van der Waals surface area contributed by atoms with Gasteiger partial charge in [-0.3, -0.25) is 4.79 Å². The molecule has 1 aliphatic heterocycles. The van der Waals surface area contributed by atoms with Gasteiger partial charge in [-0.05, 0) is 29.5 Å². The van der Waals surface area contributed by atoms with E-state index in [-0.39, 0.29) is 28.7 Å². The summed E-state index contributed by atoms with van der Waals surface area (Å²) < 4.78 is 0. The van der Waals surface area contributed by atoms with Crippen LogP contribution in [0.5, 0.6) is 0 Å². The summed E-state index contributed by atoms with van der Waals surface area (Å²) in [6.07, 6.45) is 6.34. The summed E-state index contributed by atoms with van der Waals surface area (Å²) in [5.74, 6) is 0.0685. The van der Waals surface area contributed by atoms with Gasteiger partial charge >= 0.3 is 5.97 Å². The van der Waals surface area contributed by atoms with Gasteiger partial charge in [0.15, 0.2) is 0 Å². The molecule has 1 aromatic rings. The summed E-state index contributed by atoms with van der Waals surface area (Å²) in [5.41, 5.74) is 1.15. The zero-order chi connectivity index (χ0) is 18.5. The lowest BCUT2D eigenvalue weighted by molar-refractivity contribution is -0.125. The van der Waals surface area contributed by atoms with Crippen molar-refractivity contribution >= 4 is 23.6 Å². The van der Waals surface area contributed by atoms with E-state index in [1.165, 1.54) is 31.0 Å². The summed E-state index contributed by atoms with van der Waals surface area (Å²) in [4.78, 5) is 23.3. The number of hydrogen-bond acceptors (Lipinski definition) is 4. The molecule has 5 nitrogen and oxygen atoms in total. The van der Waals surface area contributed by atoms with Gasteiger partial charge in [-0.15, -0.1) is 11.8 Å². The average molecular weight is 372 g/mol. The van der Waals surface area contributed by atoms with Crippen LogP contribution >= 0.6 is 11.8 Å². The van der Waals surface area contributed by atoms with Crippen molar-refractivity contribution in [2.75, 3.05) is 0 Å². The van der Waals surface area contributed by atoms with Gasteiger partial charge in [-0.2, -0.15) is 5.26 Å². The standard InChI is InChI=1S/C20H24N2O3S/c21-11-17-16(14-6-2-1-3-7-14)10-18(23)22-19(17)26-12-13-5-4-8-15(9-13)20(24)25/h4-5,8-9,14,16-17,19H,1-3,6-7,10,12H2,(H,22,23)(H,24,25). The summed E-state index contributed by atoms with van der Waals surface area (Å²) in [5, 5.41) is 21.6. The van der Waals surface area contributed by atoms with Crippen molar-refractivity contribution in [2.24, 2.45) is 17.8 Å². The van der Waals surface area contributed by atoms with Crippen molar-refractivity contribution in [3.8, 4) is 6.07 Å². The second-order valence-corrected chi connectivity index (χ2v) is 8.36. The molecular weight excluding hydrogens is 348 g/mol. The highest BCUT2D eigenvalue weighted by Crippen LogP contribution is 2.41. The maximum Gasteiger partial charge on any atom is 0.335 e. The quantitative estimate of drug-likeness (QED) is 0.820. The summed E-state index contributed by atoms with van der Waals surface area (Å²) in [6.45, 7) is 0. The Morgan fingerprint density at radius 3 is 2.77 bits per heavy atom. The van der Waals surface area contributed by atoms with Crippen molar-refractivity contribution < 1.29 is 14.7 Å². The predicted octanol–water partition coefficient (Wildman–Crippen LogP) is 3.80. The number of hydrogen-bond donors (Lipinski definition) is 2. The second kappa shape index (κ2) is 8.59. The lowest BCUT2D eigenvalue weighted by Gasteiger charge is -2.39. The van der Waals surface area contributed by atoms with Gasteiger partial charge in [0.1, 0.15) is 0 Å². The van der Waals surface area contributed by atoms with Gasteiger partial charge in [0, 0.05) is 12.2 Å². The van der Waals surface area contributed by atoms with Gasteiger partial charge in [0.25, 0.3) is 0 Å². The van der Waals surface area contributed by atoms with E-state index in [0.717, 1.165) is 18.4 Å². The van der Waals surface area contributed by atoms with E-state index < -0.39 is 5.97 Å². The van der Waals surface area contributed by atoms with Crippen LogP contribution in [-0.2, 0) is 10.5 Å². The smallest absolute Gasteiger partial charge is 0.335 e. The molecule has 26 heavy (non-hydrogen) atoms. The Labute approximate surface area is 158 Å². The number of carboxylic acid groups (broad SMARTS) is 1. The molecule has 1 saturated carbocycles. The van der Waals surface area contributed by atoms with Crippen LogP contribution < -0.4 is 5.32 Å². The SMILES string of the molecule is N#CC1C(SCc2cccc(C(=O)O)c2)NC(=O)CC1C1CCCCC1. The predicted molar refractivity (Wildman–Crippen MR) is 100 cm³/mol. The molecule has 138 valence electrons. The van der Waals surface area contributed by atoms with Crippen LogP contribution in [0.2, 0.25) is 0 Å². The first-order chi connectivity index (χ1) is 12.6. The Balaban J connectivity index is 1.69. The molecule has 0 spiro atoms. The number of benzene rings is 1. The minimum atomic E-state index is -0.949. The van der Waals surface area contributed by atoms with Gasteiger partial charge in [0.2, 0.25) is 5.91 Å². The monoisotopic (exact) mass is 372 g/mol. The molecule has 2 fully saturated rings. The molecule has 1 saturated heterocycles. The normalized spacial score (nSPS) is 26.7. The topological polar surface area (TPSA) is 90.2 Å². The van der Waals surface area contributed by atoms with Crippen molar-refractivity contribution in [2.45, 2.75) is 49.7 Å². The molecule has 1 amide bonds. The second-order valence-electron chi connectivity index (χ2n) is 7.23. The summed E-state index contributed by atoms with van der Waals surface area (Å²) in [7, 11) is 0. The number of piperidine rings is 1. The Bertz CT molecular complexity index is 709. The minimum Gasteiger partial charge on any atom is -0.478 e. The number of nitrogens with one attached hydrogen (secondary N) is 1. The highest BCUT2D eigenvalue weighted by Gasteiger charge is 2.41. The number of rotatable bonds is 5. The van der Waals surface area contributed by atoms with Crippen molar-refractivity contribution in [3.05, 3.63) is 35.4 Å². The number of thioether (sulfide) groups is 1. The fourth-order valence-corrected chi connectivity index (χ4v) is 5.42.